The Bertz CT molecular complexity index is 122. The molecule has 0 amide bonds. The Balaban J connectivity index is 0. The number of hydrogen-bond acceptors (Lipinski definition) is 3. The Morgan fingerprint density at radius 3 is 2.90 bits per heavy atom. The molecule has 0 saturated carbocycles. The van der Waals surface area contributed by atoms with E-state index in [0.29, 0.717) is 0 Å². The summed E-state index contributed by atoms with van der Waals surface area (Å²) >= 11 is 0. The van der Waals surface area contributed by atoms with Gasteiger partial charge in [0.15, 0.2) is 0 Å². The summed E-state index contributed by atoms with van der Waals surface area (Å²) in [6.45, 7) is 0.751. The molecule has 1 aliphatic rings. The van der Waals surface area contributed by atoms with Crippen molar-refractivity contribution in [2.45, 2.75) is 6.42 Å². The van der Waals surface area contributed by atoms with Crippen LogP contribution in [0.15, 0.2) is 0 Å². The molecule has 1 heterocycles. The van der Waals surface area contributed by atoms with Crippen LogP contribution in [0.5, 0.6) is 0 Å². The largest absolute Gasteiger partial charge is 1.00 e. The summed E-state index contributed by atoms with van der Waals surface area (Å²) in [5.41, 5.74) is 0. The van der Waals surface area contributed by atoms with Crippen LogP contribution in [0.2, 0.25) is 0 Å². The second-order valence-corrected chi connectivity index (χ2v) is 5.20. The van der Waals surface area contributed by atoms with Crippen molar-refractivity contribution >= 4 is 19.3 Å². The molecule has 0 radical (unpaired) electrons. The minimum absolute atomic E-state index is 0. The van der Waals surface area contributed by atoms with Crippen molar-refractivity contribution in [2.75, 3.05) is 18.6 Å². The molecule has 0 aromatic carbocycles. The number of hydrogen-bond donors (Lipinski definition) is 0. The Morgan fingerprint density at radius 2 is 2.50 bits per heavy atom. The van der Waals surface area contributed by atoms with Gasteiger partial charge in [-0.2, -0.15) is 14.6 Å². The average Bonchev–Trinajstić information content (AvgIpc) is 2.16. The molecule has 0 aliphatic carbocycles. The quantitative estimate of drug-likeness (QED) is 0.416. The van der Waals surface area contributed by atoms with Gasteiger partial charge >= 0.3 is 38.2 Å². The third kappa shape index (κ3) is 3.18. The summed E-state index contributed by atoms with van der Waals surface area (Å²) in [6, 6.07) is 0. The van der Waals surface area contributed by atoms with E-state index >= 15 is 0 Å². The van der Waals surface area contributed by atoms with Gasteiger partial charge in [-0.15, -0.1) is 0 Å². The maximum atomic E-state index is 9.98. The van der Waals surface area contributed by atoms with Crippen LogP contribution in [-0.2, 0) is 12.7 Å². The van der Waals surface area contributed by atoms with Gasteiger partial charge in [0.2, 0.25) is 0 Å². The summed E-state index contributed by atoms with van der Waals surface area (Å²) in [4.78, 5) is 0. The Hall–Kier alpha value is 1.37. The van der Waals surface area contributed by atoms with Crippen LogP contribution in [-0.4, -0.2) is 18.6 Å². The van der Waals surface area contributed by atoms with Gasteiger partial charge < -0.3 is 1.43 Å². The van der Waals surface area contributed by atoms with Crippen LogP contribution in [0, 0.1) is 0 Å². The van der Waals surface area contributed by atoms with Crippen LogP contribution >= 0.6 is 19.3 Å². The molecule has 1 aliphatic heterocycles. The maximum Gasteiger partial charge on any atom is 1.00 e. The monoisotopic (exact) mass is 192 g/mol. The zero-order valence-electron chi connectivity index (χ0n) is 7.20. The van der Waals surface area contributed by atoms with Crippen molar-refractivity contribution in [3.63, 3.8) is 0 Å². The fourth-order valence-corrected chi connectivity index (χ4v) is 2.95. The van der Waals surface area contributed by atoms with Crippen LogP contribution in [0.1, 0.15) is 7.85 Å². The van der Waals surface area contributed by atoms with E-state index < -0.39 is 10.6 Å². The van der Waals surface area contributed by atoms with Crippen LogP contribution in [0.25, 0.3) is 0 Å². The van der Waals surface area contributed by atoms with E-state index in [-0.39, 0.29) is 39.7 Å². The van der Waals surface area contributed by atoms with E-state index in [1.165, 1.54) is 0 Å². The van der Waals surface area contributed by atoms with E-state index in [9.17, 15) is 4.57 Å². The van der Waals surface area contributed by atoms with Gasteiger partial charge in [0.1, 0.15) is 0 Å². The smallest absolute Gasteiger partial charge is 1.00 e. The molecular weight excluding hydrogens is 182 g/mol. The molecule has 1 rings (SSSR count). The van der Waals surface area contributed by atoms with E-state index in [0.717, 1.165) is 18.8 Å². The third-order valence-electron chi connectivity index (χ3n) is 1.18. The zero-order valence-corrected chi connectivity index (χ0v) is 9.91. The zero-order chi connectivity index (χ0) is 6.74. The summed E-state index contributed by atoms with van der Waals surface area (Å²) in [6.07, 6.45) is 2.91. The van der Waals surface area contributed by atoms with E-state index in [1.54, 1.807) is 0 Å². The second-order valence-electron chi connectivity index (χ2n) is 1.95. The molecule has 0 N–H and O–H groups in total. The van der Waals surface area contributed by atoms with Crippen LogP contribution in [0.3, 0.4) is 0 Å². The summed E-state index contributed by atoms with van der Waals surface area (Å²) in [5, 5.41) is 0. The van der Waals surface area contributed by atoms with Crippen molar-refractivity contribution in [1.82, 2.24) is 0 Å². The van der Waals surface area contributed by atoms with Gasteiger partial charge in [0.25, 0.3) is 0 Å². The van der Waals surface area contributed by atoms with E-state index in [1.807, 2.05) is 6.26 Å². The van der Waals surface area contributed by atoms with Crippen molar-refractivity contribution in [3.8, 4) is 0 Å². The van der Waals surface area contributed by atoms with Crippen molar-refractivity contribution in [2.24, 2.45) is 0 Å². The topological polar surface area (TPSA) is 35.5 Å². The minimum Gasteiger partial charge on any atom is -1.00 e. The van der Waals surface area contributed by atoms with Gasteiger partial charge in [-0.1, -0.05) is 0 Å². The van der Waals surface area contributed by atoms with Crippen molar-refractivity contribution in [3.05, 3.63) is 0 Å². The molecule has 3 nitrogen and oxygen atoms in total. The Morgan fingerprint density at radius 1 is 1.80 bits per heavy atom. The van der Waals surface area contributed by atoms with Gasteiger partial charge in [-0.3, -0.25) is 4.18 Å². The summed E-state index contributed by atoms with van der Waals surface area (Å²) in [7, 11) is -1.64. The molecule has 6 heteroatoms. The average molecular weight is 192 g/mol. The molecule has 0 aromatic rings. The molecule has 56 valence electrons. The van der Waals surface area contributed by atoms with Gasteiger partial charge in [0.05, 0.1) is 6.61 Å². The number of rotatable bonds is 2. The van der Waals surface area contributed by atoms with E-state index in [4.69, 9.17) is 8.15 Å². The van der Waals surface area contributed by atoms with Crippen LogP contribution < -0.4 is 29.6 Å². The first-order valence-corrected chi connectivity index (χ1v) is 5.47. The van der Waals surface area contributed by atoms with Crippen LogP contribution in [0.4, 0.5) is 0 Å². The van der Waals surface area contributed by atoms with Crippen molar-refractivity contribution in [1.29, 1.82) is 0 Å². The molecular formula is C4H10NaO3PS. The predicted molar refractivity (Wildman–Crippen MR) is 38.8 cm³/mol. The van der Waals surface area contributed by atoms with Gasteiger partial charge in [0, 0.05) is 12.0 Å². The molecule has 1 atom stereocenters. The Kier molecular flexibility index (Phi) is 5.79. The fraction of sp³-hybridized carbons (Fsp3) is 1.00. The van der Waals surface area contributed by atoms with E-state index in [2.05, 4.69) is 0 Å². The molecule has 1 unspecified atom stereocenters. The van der Waals surface area contributed by atoms with Gasteiger partial charge in [-0.25, -0.2) is 4.57 Å². The molecule has 1 saturated heterocycles. The summed E-state index contributed by atoms with van der Waals surface area (Å²) in [5.74, 6) is 0.919. The normalized spacial score (nSPS) is 38.5. The SMILES string of the molecule is CS1(OP=O)CCCO1.[H-].[Na+]. The predicted octanol–water partition coefficient (Wildman–Crippen LogP) is -0.989. The van der Waals surface area contributed by atoms with Crippen molar-refractivity contribution < 1.29 is 43.7 Å². The maximum absolute atomic E-state index is 9.98. The first-order valence-electron chi connectivity index (χ1n) is 2.68. The minimum atomic E-state index is -1.38. The second kappa shape index (κ2) is 5.09. The molecule has 0 bridgehead atoms. The fourth-order valence-electron chi connectivity index (χ4n) is 0.738. The Labute approximate surface area is 87.6 Å². The van der Waals surface area contributed by atoms with Gasteiger partial charge in [-0.05, 0) is 6.42 Å². The summed E-state index contributed by atoms with van der Waals surface area (Å²) < 4.78 is 20.1. The molecule has 0 aromatic heterocycles. The molecule has 10 heavy (non-hydrogen) atoms. The first kappa shape index (κ1) is 11.4. The third-order valence-corrected chi connectivity index (χ3v) is 4.38. The first-order chi connectivity index (χ1) is 4.27. The molecule has 0 spiro atoms. The standard InChI is InChI=1S/C4H9O3PS.Na.H/c1-9(7-8-5)4-2-3-6-9;;/h2-4H2,1H3;;/q;+1;-1. The molecule has 1 fully saturated rings.